The first kappa shape index (κ1) is 26.7. The summed E-state index contributed by atoms with van der Waals surface area (Å²) >= 11 is 0. The molecule has 202 valence electrons. The molecule has 1 saturated carbocycles. The summed E-state index contributed by atoms with van der Waals surface area (Å²) in [7, 11) is 0. The number of hydrogen-bond acceptors (Lipinski definition) is 5. The fourth-order valence-electron chi connectivity index (χ4n) is 6.77. The minimum Gasteiger partial charge on any atom is -0.484 e. The molecule has 1 amide bonds. The van der Waals surface area contributed by atoms with Crippen molar-refractivity contribution in [1.82, 2.24) is 10.2 Å². The summed E-state index contributed by atoms with van der Waals surface area (Å²) in [6.45, 7) is 6.63. The van der Waals surface area contributed by atoms with Crippen molar-refractivity contribution in [3.8, 4) is 17.6 Å². The molecule has 0 radical (unpaired) electrons. The largest absolute Gasteiger partial charge is 0.484 e. The molecule has 0 aromatic heterocycles. The van der Waals surface area contributed by atoms with E-state index in [1.807, 2.05) is 13.0 Å². The van der Waals surface area contributed by atoms with Gasteiger partial charge in [-0.15, -0.1) is 5.92 Å². The number of ether oxygens (including phenoxy) is 2. The zero-order chi connectivity index (χ0) is 26.4. The maximum absolute atomic E-state index is 12.4. The number of fused-ring (bicyclic) bond motifs is 3. The maximum atomic E-state index is 12.4. The lowest BCUT2D eigenvalue weighted by molar-refractivity contribution is -0.123. The molecule has 0 unspecified atom stereocenters. The van der Waals surface area contributed by atoms with E-state index in [2.05, 4.69) is 64.5 Å². The van der Waals surface area contributed by atoms with E-state index in [4.69, 9.17) is 9.47 Å². The van der Waals surface area contributed by atoms with E-state index in [9.17, 15) is 9.90 Å². The van der Waals surface area contributed by atoms with Crippen molar-refractivity contribution in [1.29, 1.82) is 0 Å². The van der Waals surface area contributed by atoms with Crippen molar-refractivity contribution in [3.05, 3.63) is 65.2 Å². The van der Waals surface area contributed by atoms with Crippen LogP contribution in [0.3, 0.4) is 0 Å². The van der Waals surface area contributed by atoms with Crippen LogP contribution in [0.4, 0.5) is 0 Å². The predicted molar refractivity (Wildman–Crippen MR) is 148 cm³/mol. The summed E-state index contributed by atoms with van der Waals surface area (Å²) in [6.07, 6.45) is 5.19. The fraction of sp³-hybridized carbons (Fsp3) is 0.531. The Balaban J connectivity index is 1.27. The Kier molecular flexibility index (Phi) is 8.38. The van der Waals surface area contributed by atoms with E-state index in [-0.39, 0.29) is 17.9 Å². The summed E-state index contributed by atoms with van der Waals surface area (Å²) in [5.74, 6) is 7.07. The first-order valence-electron chi connectivity index (χ1n) is 14.0. The van der Waals surface area contributed by atoms with Gasteiger partial charge in [0.05, 0.1) is 13.2 Å². The summed E-state index contributed by atoms with van der Waals surface area (Å²) in [5, 5.41) is 14.2. The molecular formula is C32H40N2O4. The van der Waals surface area contributed by atoms with Crippen molar-refractivity contribution in [2.24, 2.45) is 5.92 Å². The predicted octanol–water partition coefficient (Wildman–Crippen LogP) is 3.50. The molecule has 2 aromatic rings. The molecule has 5 rings (SSSR count). The minimum atomic E-state index is -0.894. The van der Waals surface area contributed by atoms with E-state index < -0.39 is 5.60 Å². The van der Waals surface area contributed by atoms with Gasteiger partial charge in [-0.1, -0.05) is 42.3 Å². The molecule has 2 aliphatic carbocycles. The minimum absolute atomic E-state index is 0.0163. The van der Waals surface area contributed by atoms with Gasteiger partial charge < -0.3 is 19.9 Å². The molecule has 1 aliphatic heterocycles. The summed E-state index contributed by atoms with van der Waals surface area (Å²) in [5.41, 5.74) is 3.06. The molecule has 2 N–H and O–H groups in total. The molecule has 6 heteroatoms. The number of aliphatic hydroxyl groups is 1. The number of nitrogens with one attached hydrogen (secondary N) is 1. The van der Waals surface area contributed by atoms with Crippen molar-refractivity contribution in [2.45, 2.75) is 56.5 Å². The van der Waals surface area contributed by atoms with E-state index in [0.29, 0.717) is 25.3 Å². The average molecular weight is 517 g/mol. The van der Waals surface area contributed by atoms with Gasteiger partial charge in [-0.05, 0) is 80.2 Å². The topological polar surface area (TPSA) is 71.0 Å². The van der Waals surface area contributed by atoms with Crippen LogP contribution in [0.15, 0.2) is 48.5 Å². The number of benzene rings is 2. The third-order valence-electron chi connectivity index (χ3n) is 8.67. The molecule has 2 aromatic carbocycles. The third-order valence-corrected chi connectivity index (χ3v) is 8.67. The second kappa shape index (κ2) is 11.9. The molecule has 1 saturated heterocycles. The lowest BCUT2D eigenvalue weighted by Gasteiger charge is -2.52. The molecule has 0 bridgehead atoms. The van der Waals surface area contributed by atoms with Crippen molar-refractivity contribution < 1.29 is 19.4 Å². The standard InChI is InChI=1S/C32H40N2O4/c1-2-12-31(36)13-14-32(22-25-6-4-3-5-7-25)27(23-31)9-8-26-21-28(10-11-29(26)32)38-24-30(35)33-15-16-34-17-19-37-20-18-34/h3-7,10-11,21,27,36H,8-9,13-20,22-24H2,1H3,(H,33,35)/t27-,31-,32+/m1/s1. The third kappa shape index (κ3) is 6.07. The van der Waals surface area contributed by atoms with Gasteiger partial charge in [-0.25, -0.2) is 0 Å². The SMILES string of the molecule is CC#C[C@@]1(O)CC[C@@]2(Cc3ccccc3)c3ccc(OCC(=O)NCCN4CCOCC4)cc3CC[C@@H]2C1. The Hall–Kier alpha value is -2.85. The van der Waals surface area contributed by atoms with Crippen LogP contribution in [0.5, 0.6) is 5.75 Å². The van der Waals surface area contributed by atoms with Gasteiger partial charge in [0.25, 0.3) is 5.91 Å². The lowest BCUT2D eigenvalue weighted by atomic mass is 9.52. The van der Waals surface area contributed by atoms with Gasteiger partial charge in [0.15, 0.2) is 6.61 Å². The van der Waals surface area contributed by atoms with Crippen LogP contribution in [0.2, 0.25) is 0 Å². The Morgan fingerprint density at radius 2 is 2.00 bits per heavy atom. The maximum Gasteiger partial charge on any atom is 0.257 e. The Labute approximate surface area is 226 Å². The second-order valence-corrected chi connectivity index (χ2v) is 11.1. The molecule has 0 spiro atoms. The molecule has 1 heterocycles. The summed E-state index contributed by atoms with van der Waals surface area (Å²) < 4.78 is 11.3. The number of amides is 1. The molecular weight excluding hydrogens is 476 g/mol. The number of carbonyl (C=O) groups excluding carboxylic acids is 1. The Morgan fingerprint density at radius 1 is 1.18 bits per heavy atom. The van der Waals surface area contributed by atoms with Crippen molar-refractivity contribution in [3.63, 3.8) is 0 Å². The van der Waals surface area contributed by atoms with E-state index in [1.165, 1.54) is 16.7 Å². The summed E-state index contributed by atoms with van der Waals surface area (Å²) in [4.78, 5) is 14.7. The molecule has 3 atom stereocenters. The van der Waals surface area contributed by atoms with Crippen LogP contribution >= 0.6 is 0 Å². The number of aryl methyl sites for hydroxylation is 1. The second-order valence-electron chi connectivity index (χ2n) is 11.1. The van der Waals surface area contributed by atoms with E-state index in [1.54, 1.807) is 0 Å². The van der Waals surface area contributed by atoms with Gasteiger partial charge in [-0.2, -0.15) is 0 Å². The van der Waals surface area contributed by atoms with Crippen molar-refractivity contribution >= 4 is 5.91 Å². The number of nitrogens with zero attached hydrogens (tertiary/aromatic N) is 1. The normalized spacial score (nSPS) is 26.8. The molecule has 6 nitrogen and oxygen atoms in total. The van der Waals surface area contributed by atoms with Gasteiger partial charge in [0, 0.05) is 31.6 Å². The Morgan fingerprint density at radius 3 is 2.79 bits per heavy atom. The highest BCUT2D eigenvalue weighted by molar-refractivity contribution is 5.77. The van der Waals surface area contributed by atoms with Crippen LogP contribution in [-0.4, -0.2) is 67.5 Å². The van der Waals surface area contributed by atoms with Gasteiger partial charge >= 0.3 is 0 Å². The first-order chi connectivity index (χ1) is 18.5. The van der Waals surface area contributed by atoms with Gasteiger partial charge in [0.1, 0.15) is 11.4 Å². The van der Waals surface area contributed by atoms with Crippen LogP contribution < -0.4 is 10.1 Å². The zero-order valence-corrected chi connectivity index (χ0v) is 22.5. The number of morpholine rings is 1. The molecule has 38 heavy (non-hydrogen) atoms. The van der Waals surface area contributed by atoms with Crippen LogP contribution in [0, 0.1) is 17.8 Å². The number of hydrogen-bond donors (Lipinski definition) is 2. The zero-order valence-electron chi connectivity index (χ0n) is 22.5. The monoisotopic (exact) mass is 516 g/mol. The lowest BCUT2D eigenvalue weighted by Crippen LogP contribution is -2.50. The fourth-order valence-corrected chi connectivity index (χ4v) is 6.77. The first-order valence-corrected chi connectivity index (χ1v) is 14.0. The highest BCUT2D eigenvalue weighted by Gasteiger charge is 2.51. The smallest absolute Gasteiger partial charge is 0.257 e. The van der Waals surface area contributed by atoms with Gasteiger partial charge in [-0.3, -0.25) is 9.69 Å². The quantitative estimate of drug-likeness (QED) is 0.526. The molecule has 2 fully saturated rings. The van der Waals surface area contributed by atoms with E-state index in [0.717, 1.165) is 64.3 Å². The Bertz CT molecular complexity index is 1170. The van der Waals surface area contributed by atoms with Crippen LogP contribution in [0.1, 0.15) is 49.3 Å². The highest BCUT2D eigenvalue weighted by atomic mass is 16.5. The summed E-state index contributed by atoms with van der Waals surface area (Å²) in [6, 6.07) is 17.1. The van der Waals surface area contributed by atoms with Crippen LogP contribution in [0.25, 0.3) is 0 Å². The number of carbonyl (C=O) groups is 1. The highest BCUT2D eigenvalue weighted by Crippen LogP contribution is 2.54. The number of rotatable bonds is 8. The van der Waals surface area contributed by atoms with Gasteiger partial charge in [0.2, 0.25) is 0 Å². The average Bonchev–Trinajstić information content (AvgIpc) is 2.93. The van der Waals surface area contributed by atoms with E-state index >= 15 is 0 Å². The van der Waals surface area contributed by atoms with Crippen molar-refractivity contribution in [2.75, 3.05) is 46.0 Å². The molecule has 3 aliphatic rings. The van der Waals surface area contributed by atoms with Crippen LogP contribution in [-0.2, 0) is 27.8 Å².